The van der Waals surface area contributed by atoms with Crippen molar-refractivity contribution in [1.29, 1.82) is 0 Å². The molecule has 1 aromatic carbocycles. The Labute approximate surface area is 124 Å². The fraction of sp³-hybridized carbons (Fsp3) is 0.200. The third-order valence-corrected chi connectivity index (χ3v) is 5.67. The summed E-state index contributed by atoms with van der Waals surface area (Å²) in [5.41, 5.74) is 2.28. The third-order valence-electron chi connectivity index (χ3n) is 3.48. The maximum atomic E-state index is 12.3. The molecule has 0 saturated heterocycles. The van der Waals surface area contributed by atoms with Crippen molar-refractivity contribution in [3.8, 4) is 0 Å². The van der Waals surface area contributed by atoms with Gasteiger partial charge in [0.2, 0.25) is 0 Å². The van der Waals surface area contributed by atoms with Crippen LogP contribution >= 0.6 is 22.7 Å². The molecule has 2 heterocycles. The van der Waals surface area contributed by atoms with Crippen molar-refractivity contribution in [2.75, 3.05) is 5.32 Å². The fourth-order valence-corrected chi connectivity index (χ4v) is 4.54. The van der Waals surface area contributed by atoms with Gasteiger partial charge in [-0.1, -0.05) is 23.5 Å². The summed E-state index contributed by atoms with van der Waals surface area (Å²) in [6, 6.07) is 9.95. The van der Waals surface area contributed by atoms with E-state index in [-0.39, 0.29) is 5.91 Å². The molecule has 3 nitrogen and oxygen atoms in total. The highest BCUT2D eigenvalue weighted by molar-refractivity contribution is 7.22. The van der Waals surface area contributed by atoms with E-state index >= 15 is 0 Å². The number of thiazole rings is 1. The zero-order valence-corrected chi connectivity index (χ0v) is 12.3. The number of carbonyl (C=O) groups is 1. The molecule has 1 aliphatic rings. The summed E-state index contributed by atoms with van der Waals surface area (Å²) in [7, 11) is 0. The first-order valence-corrected chi connectivity index (χ1v) is 8.21. The number of benzene rings is 1. The van der Waals surface area contributed by atoms with Gasteiger partial charge in [0.15, 0.2) is 5.13 Å². The minimum Gasteiger partial charge on any atom is -0.297 e. The van der Waals surface area contributed by atoms with Gasteiger partial charge in [-0.05, 0) is 43.0 Å². The number of thiophene rings is 1. The Morgan fingerprint density at radius 1 is 1.20 bits per heavy atom. The predicted molar refractivity (Wildman–Crippen MR) is 83.9 cm³/mol. The molecule has 4 rings (SSSR count). The minimum atomic E-state index is -0.0385. The van der Waals surface area contributed by atoms with Crippen LogP contribution in [0, 0.1) is 0 Å². The van der Waals surface area contributed by atoms with Crippen molar-refractivity contribution in [2.45, 2.75) is 19.3 Å². The summed E-state index contributed by atoms with van der Waals surface area (Å²) in [4.78, 5) is 18.9. The second kappa shape index (κ2) is 4.68. The normalized spacial score (nSPS) is 13.6. The van der Waals surface area contributed by atoms with Crippen molar-refractivity contribution < 1.29 is 4.79 Å². The molecule has 3 aromatic rings. The van der Waals surface area contributed by atoms with Crippen LogP contribution in [0.5, 0.6) is 0 Å². The molecule has 0 bridgehead atoms. The van der Waals surface area contributed by atoms with E-state index in [4.69, 9.17) is 0 Å². The number of carbonyl (C=O) groups excluding carboxylic acids is 1. The zero-order valence-electron chi connectivity index (χ0n) is 10.7. The van der Waals surface area contributed by atoms with Crippen LogP contribution in [0.25, 0.3) is 10.2 Å². The second-order valence-electron chi connectivity index (χ2n) is 4.85. The van der Waals surface area contributed by atoms with Gasteiger partial charge in [-0.3, -0.25) is 10.1 Å². The maximum Gasteiger partial charge on any atom is 0.267 e. The highest BCUT2D eigenvalue weighted by Gasteiger charge is 2.19. The number of nitrogens with zero attached hydrogens (tertiary/aromatic N) is 1. The van der Waals surface area contributed by atoms with Gasteiger partial charge in [-0.25, -0.2) is 4.98 Å². The maximum absolute atomic E-state index is 12.3. The van der Waals surface area contributed by atoms with Crippen molar-refractivity contribution >= 4 is 43.9 Å². The summed E-state index contributed by atoms with van der Waals surface area (Å²) >= 11 is 3.13. The van der Waals surface area contributed by atoms with Gasteiger partial charge in [0, 0.05) is 4.88 Å². The second-order valence-corrected chi connectivity index (χ2v) is 7.02. The van der Waals surface area contributed by atoms with Crippen LogP contribution in [0.15, 0.2) is 30.3 Å². The lowest BCUT2D eigenvalue weighted by Crippen LogP contribution is -2.09. The topological polar surface area (TPSA) is 42.0 Å². The van der Waals surface area contributed by atoms with Crippen molar-refractivity contribution in [3.05, 3.63) is 45.6 Å². The summed E-state index contributed by atoms with van der Waals surface area (Å²) in [5, 5.41) is 3.59. The number of rotatable bonds is 2. The molecule has 1 aliphatic carbocycles. The molecule has 100 valence electrons. The van der Waals surface area contributed by atoms with Gasteiger partial charge in [-0.15, -0.1) is 11.3 Å². The molecule has 0 atom stereocenters. The van der Waals surface area contributed by atoms with E-state index in [1.165, 1.54) is 28.2 Å². The Morgan fingerprint density at radius 2 is 2.10 bits per heavy atom. The van der Waals surface area contributed by atoms with E-state index in [0.717, 1.165) is 27.9 Å². The molecule has 1 N–H and O–H groups in total. The number of para-hydroxylation sites is 1. The predicted octanol–water partition coefficient (Wildman–Crippen LogP) is 4.10. The number of nitrogens with one attached hydrogen (secondary N) is 1. The molecule has 0 saturated carbocycles. The first-order valence-electron chi connectivity index (χ1n) is 6.58. The van der Waals surface area contributed by atoms with Crippen molar-refractivity contribution in [3.63, 3.8) is 0 Å². The summed E-state index contributed by atoms with van der Waals surface area (Å²) in [6.07, 6.45) is 3.45. The highest BCUT2D eigenvalue weighted by atomic mass is 32.1. The van der Waals surface area contributed by atoms with Crippen LogP contribution in [0.2, 0.25) is 0 Å². The first-order chi connectivity index (χ1) is 9.79. The number of anilines is 1. The fourth-order valence-electron chi connectivity index (χ4n) is 2.53. The number of amides is 1. The summed E-state index contributed by atoms with van der Waals surface area (Å²) < 4.78 is 1.09. The lowest BCUT2D eigenvalue weighted by atomic mass is 10.2. The van der Waals surface area contributed by atoms with Crippen LogP contribution < -0.4 is 5.32 Å². The van der Waals surface area contributed by atoms with E-state index in [0.29, 0.717) is 5.13 Å². The van der Waals surface area contributed by atoms with Gasteiger partial charge in [0.1, 0.15) is 0 Å². The molecule has 0 aliphatic heterocycles. The molecule has 5 heteroatoms. The van der Waals surface area contributed by atoms with Crippen molar-refractivity contribution in [1.82, 2.24) is 4.98 Å². The van der Waals surface area contributed by atoms with E-state index in [1.807, 2.05) is 30.3 Å². The Hall–Kier alpha value is -1.72. The van der Waals surface area contributed by atoms with E-state index in [2.05, 4.69) is 10.3 Å². The van der Waals surface area contributed by atoms with Gasteiger partial charge in [0.25, 0.3) is 5.91 Å². The number of aromatic nitrogens is 1. The van der Waals surface area contributed by atoms with Crippen LogP contribution in [0.4, 0.5) is 5.13 Å². The van der Waals surface area contributed by atoms with Gasteiger partial charge < -0.3 is 0 Å². The molecule has 0 fully saturated rings. The lowest BCUT2D eigenvalue weighted by Gasteiger charge is -1.97. The molecule has 1 amide bonds. The molecule has 0 spiro atoms. The van der Waals surface area contributed by atoms with Crippen LogP contribution in [-0.2, 0) is 12.8 Å². The molecule has 2 aromatic heterocycles. The standard InChI is InChI=1S/C15H12N2OS2/c18-14(13-8-9-4-3-7-11(9)19-13)17-15-16-10-5-1-2-6-12(10)20-15/h1-2,5-6,8H,3-4,7H2,(H,16,17,18). The molecule has 20 heavy (non-hydrogen) atoms. The number of hydrogen-bond donors (Lipinski definition) is 1. The highest BCUT2D eigenvalue weighted by Crippen LogP contribution is 2.31. The number of aryl methyl sites for hydroxylation is 2. The number of hydrogen-bond acceptors (Lipinski definition) is 4. The average molecular weight is 300 g/mol. The molecular formula is C15H12N2OS2. The minimum absolute atomic E-state index is 0.0385. The molecule has 0 radical (unpaired) electrons. The van der Waals surface area contributed by atoms with Crippen molar-refractivity contribution in [2.24, 2.45) is 0 Å². The van der Waals surface area contributed by atoms with Crippen LogP contribution in [0.1, 0.15) is 26.5 Å². The largest absolute Gasteiger partial charge is 0.297 e. The Bertz CT molecular complexity index is 749. The van der Waals surface area contributed by atoms with E-state index in [1.54, 1.807) is 11.3 Å². The van der Waals surface area contributed by atoms with Gasteiger partial charge in [0.05, 0.1) is 15.1 Å². The quantitative estimate of drug-likeness (QED) is 0.774. The first kappa shape index (κ1) is 12.1. The van der Waals surface area contributed by atoms with Gasteiger partial charge in [-0.2, -0.15) is 0 Å². The summed E-state index contributed by atoms with van der Waals surface area (Å²) in [6.45, 7) is 0. The molecular weight excluding hydrogens is 288 g/mol. The van der Waals surface area contributed by atoms with E-state index < -0.39 is 0 Å². The monoisotopic (exact) mass is 300 g/mol. The molecule has 0 unspecified atom stereocenters. The number of fused-ring (bicyclic) bond motifs is 2. The summed E-state index contributed by atoms with van der Waals surface area (Å²) in [5.74, 6) is -0.0385. The average Bonchev–Trinajstić information content (AvgIpc) is 3.11. The third kappa shape index (κ3) is 2.03. The SMILES string of the molecule is O=C(Nc1nc2ccccc2s1)c1cc2c(s1)CCC2. The Kier molecular flexibility index (Phi) is 2.82. The van der Waals surface area contributed by atoms with Gasteiger partial charge >= 0.3 is 0 Å². The Morgan fingerprint density at radius 3 is 2.95 bits per heavy atom. The van der Waals surface area contributed by atoms with Crippen LogP contribution in [-0.4, -0.2) is 10.9 Å². The van der Waals surface area contributed by atoms with E-state index in [9.17, 15) is 4.79 Å². The lowest BCUT2D eigenvalue weighted by molar-refractivity contribution is 0.103. The Balaban J connectivity index is 1.59. The van der Waals surface area contributed by atoms with Crippen LogP contribution in [0.3, 0.4) is 0 Å². The smallest absolute Gasteiger partial charge is 0.267 e. The zero-order chi connectivity index (χ0) is 13.5.